The van der Waals surface area contributed by atoms with Crippen molar-refractivity contribution in [2.24, 2.45) is 0 Å². The van der Waals surface area contributed by atoms with Gasteiger partial charge in [-0.3, -0.25) is 9.48 Å². The lowest BCUT2D eigenvalue weighted by atomic mass is 9.99. The second-order valence-corrected chi connectivity index (χ2v) is 5.03. The molecule has 1 rings (SSSR count). The normalized spacial score (nSPS) is 13.5. The molecule has 17 heavy (non-hydrogen) atoms. The first-order chi connectivity index (χ1) is 7.72. The molecule has 0 bridgehead atoms. The van der Waals surface area contributed by atoms with E-state index in [0.717, 1.165) is 11.4 Å². The van der Waals surface area contributed by atoms with Gasteiger partial charge in [0.1, 0.15) is 6.54 Å². The van der Waals surface area contributed by atoms with Gasteiger partial charge in [0.05, 0.1) is 17.3 Å². The molecule has 1 unspecified atom stereocenters. The van der Waals surface area contributed by atoms with E-state index >= 15 is 0 Å². The van der Waals surface area contributed by atoms with E-state index in [1.54, 1.807) is 25.5 Å². The molecule has 1 aromatic rings. The minimum absolute atomic E-state index is 0.151. The third-order valence-electron chi connectivity index (χ3n) is 2.90. The summed E-state index contributed by atoms with van der Waals surface area (Å²) in [4.78, 5) is 11.8. The summed E-state index contributed by atoms with van der Waals surface area (Å²) in [5, 5.41) is 16.5. The molecule has 5 nitrogen and oxygen atoms in total. The van der Waals surface area contributed by atoms with Crippen LogP contribution in [-0.2, 0) is 11.3 Å². The largest absolute Gasteiger partial charge is 0.391 e. The van der Waals surface area contributed by atoms with Crippen LogP contribution in [0.1, 0.15) is 32.2 Å². The first kappa shape index (κ1) is 13.7. The number of nitrogens with one attached hydrogen (secondary N) is 1. The summed E-state index contributed by atoms with van der Waals surface area (Å²) in [5.41, 5.74) is 1.21. The molecule has 1 atom stereocenters. The number of aryl methyl sites for hydroxylation is 2. The van der Waals surface area contributed by atoms with Crippen LogP contribution in [0.25, 0.3) is 0 Å². The second-order valence-electron chi connectivity index (χ2n) is 5.03. The lowest BCUT2D eigenvalue weighted by Gasteiger charge is -2.29. The third-order valence-corrected chi connectivity index (χ3v) is 2.90. The molecule has 1 heterocycles. The summed E-state index contributed by atoms with van der Waals surface area (Å²) in [6.07, 6.45) is -0.605. The molecule has 0 aliphatic rings. The van der Waals surface area contributed by atoms with Crippen molar-refractivity contribution in [3.8, 4) is 0 Å². The highest BCUT2D eigenvalue weighted by atomic mass is 16.3. The van der Waals surface area contributed by atoms with Crippen LogP contribution in [0.2, 0.25) is 0 Å². The minimum Gasteiger partial charge on any atom is -0.391 e. The molecule has 0 fully saturated rings. The van der Waals surface area contributed by atoms with Gasteiger partial charge in [0.2, 0.25) is 5.91 Å². The summed E-state index contributed by atoms with van der Waals surface area (Å²) in [5.74, 6) is -0.151. The molecule has 96 valence electrons. The number of aliphatic hydroxyl groups is 1. The SMILES string of the molecule is Cc1cc(C)n(CC(=O)NC(C)(C)C(C)O)n1. The van der Waals surface area contributed by atoms with Gasteiger partial charge in [-0.2, -0.15) is 5.10 Å². The van der Waals surface area contributed by atoms with Crippen molar-refractivity contribution in [2.75, 3.05) is 0 Å². The monoisotopic (exact) mass is 239 g/mol. The highest BCUT2D eigenvalue weighted by molar-refractivity contribution is 5.76. The molecule has 0 aliphatic heterocycles. The van der Waals surface area contributed by atoms with Crippen LogP contribution in [0.4, 0.5) is 0 Å². The Morgan fingerprint density at radius 3 is 2.59 bits per heavy atom. The molecule has 0 saturated carbocycles. The Balaban J connectivity index is 2.65. The van der Waals surface area contributed by atoms with Crippen molar-refractivity contribution in [2.45, 2.75) is 52.8 Å². The summed E-state index contributed by atoms with van der Waals surface area (Å²) in [6.45, 7) is 9.21. The Kier molecular flexibility index (Phi) is 3.93. The third kappa shape index (κ3) is 3.56. The molecule has 1 aromatic heterocycles. The second kappa shape index (κ2) is 4.87. The molecule has 0 aromatic carbocycles. The molecule has 0 radical (unpaired) electrons. The maximum atomic E-state index is 11.8. The summed E-state index contributed by atoms with van der Waals surface area (Å²) < 4.78 is 1.66. The first-order valence-electron chi connectivity index (χ1n) is 5.72. The lowest BCUT2D eigenvalue weighted by molar-refractivity contribution is -0.124. The number of hydrogen-bond acceptors (Lipinski definition) is 3. The highest BCUT2D eigenvalue weighted by Gasteiger charge is 2.26. The number of carbonyl (C=O) groups is 1. The highest BCUT2D eigenvalue weighted by Crippen LogP contribution is 2.08. The number of rotatable bonds is 4. The van der Waals surface area contributed by atoms with E-state index in [1.807, 2.05) is 19.9 Å². The Morgan fingerprint density at radius 2 is 2.18 bits per heavy atom. The van der Waals surface area contributed by atoms with Crippen LogP contribution >= 0.6 is 0 Å². The van der Waals surface area contributed by atoms with Crippen molar-refractivity contribution in [1.29, 1.82) is 0 Å². The smallest absolute Gasteiger partial charge is 0.242 e. The molecule has 5 heteroatoms. The number of aliphatic hydroxyl groups excluding tert-OH is 1. The van der Waals surface area contributed by atoms with Gasteiger partial charge < -0.3 is 10.4 Å². The van der Waals surface area contributed by atoms with E-state index < -0.39 is 11.6 Å². The fraction of sp³-hybridized carbons (Fsp3) is 0.667. The zero-order valence-corrected chi connectivity index (χ0v) is 11.1. The molecule has 0 saturated heterocycles. The van der Waals surface area contributed by atoms with E-state index in [1.165, 1.54) is 0 Å². The predicted octanol–water partition coefficient (Wildman–Crippen LogP) is 0.776. The Morgan fingerprint density at radius 1 is 1.59 bits per heavy atom. The molecular weight excluding hydrogens is 218 g/mol. The number of amides is 1. The van der Waals surface area contributed by atoms with Crippen LogP contribution in [0.15, 0.2) is 6.07 Å². The van der Waals surface area contributed by atoms with Crippen LogP contribution < -0.4 is 5.32 Å². The van der Waals surface area contributed by atoms with Crippen molar-refractivity contribution in [1.82, 2.24) is 15.1 Å². The van der Waals surface area contributed by atoms with E-state index in [4.69, 9.17) is 0 Å². The Labute approximate surface area is 102 Å². The predicted molar refractivity (Wildman–Crippen MR) is 65.6 cm³/mol. The standard InChI is InChI=1S/C12H21N3O2/c1-8-6-9(2)15(14-8)7-11(17)13-12(4,5)10(3)16/h6,10,16H,7H2,1-5H3,(H,13,17). The fourth-order valence-corrected chi connectivity index (χ4v) is 1.47. The number of nitrogens with zero attached hydrogens (tertiary/aromatic N) is 2. The Bertz CT molecular complexity index is 408. The molecular formula is C12H21N3O2. The van der Waals surface area contributed by atoms with Crippen molar-refractivity contribution < 1.29 is 9.90 Å². The van der Waals surface area contributed by atoms with Crippen LogP contribution in [0.5, 0.6) is 0 Å². The molecule has 2 N–H and O–H groups in total. The van der Waals surface area contributed by atoms with Crippen molar-refractivity contribution in [3.05, 3.63) is 17.5 Å². The maximum Gasteiger partial charge on any atom is 0.242 e. The fourth-order valence-electron chi connectivity index (χ4n) is 1.47. The van der Waals surface area contributed by atoms with Gasteiger partial charge in [-0.1, -0.05) is 0 Å². The molecule has 0 aliphatic carbocycles. The minimum atomic E-state index is -0.632. The summed E-state index contributed by atoms with van der Waals surface area (Å²) in [6, 6.07) is 1.92. The van der Waals surface area contributed by atoms with E-state index in [9.17, 15) is 9.90 Å². The average Bonchev–Trinajstić information content (AvgIpc) is 2.43. The topological polar surface area (TPSA) is 67.2 Å². The van der Waals surface area contributed by atoms with Gasteiger partial charge in [0, 0.05) is 5.69 Å². The van der Waals surface area contributed by atoms with E-state index in [0.29, 0.717) is 0 Å². The first-order valence-corrected chi connectivity index (χ1v) is 5.72. The maximum absolute atomic E-state index is 11.8. The number of aromatic nitrogens is 2. The quantitative estimate of drug-likeness (QED) is 0.815. The molecule has 1 amide bonds. The lowest BCUT2D eigenvalue weighted by Crippen LogP contribution is -2.51. The average molecular weight is 239 g/mol. The summed E-state index contributed by atoms with van der Waals surface area (Å²) in [7, 11) is 0. The van der Waals surface area contributed by atoms with Gasteiger partial charge in [-0.15, -0.1) is 0 Å². The van der Waals surface area contributed by atoms with Crippen LogP contribution in [0, 0.1) is 13.8 Å². The zero-order chi connectivity index (χ0) is 13.2. The zero-order valence-electron chi connectivity index (χ0n) is 11.1. The summed E-state index contributed by atoms with van der Waals surface area (Å²) >= 11 is 0. The van der Waals surface area contributed by atoms with Gasteiger partial charge in [-0.25, -0.2) is 0 Å². The van der Waals surface area contributed by atoms with Gasteiger partial charge in [0.15, 0.2) is 0 Å². The Hall–Kier alpha value is -1.36. The van der Waals surface area contributed by atoms with Gasteiger partial charge >= 0.3 is 0 Å². The van der Waals surface area contributed by atoms with E-state index in [-0.39, 0.29) is 12.5 Å². The van der Waals surface area contributed by atoms with Crippen molar-refractivity contribution >= 4 is 5.91 Å². The van der Waals surface area contributed by atoms with Gasteiger partial charge in [0.25, 0.3) is 0 Å². The van der Waals surface area contributed by atoms with Crippen LogP contribution in [0.3, 0.4) is 0 Å². The van der Waals surface area contributed by atoms with Crippen LogP contribution in [-0.4, -0.2) is 32.4 Å². The number of carbonyl (C=O) groups excluding carboxylic acids is 1. The molecule has 0 spiro atoms. The van der Waals surface area contributed by atoms with E-state index in [2.05, 4.69) is 10.4 Å². The van der Waals surface area contributed by atoms with Crippen molar-refractivity contribution in [3.63, 3.8) is 0 Å². The van der Waals surface area contributed by atoms with Gasteiger partial charge in [-0.05, 0) is 40.7 Å². The number of hydrogen-bond donors (Lipinski definition) is 2.